The fourth-order valence-electron chi connectivity index (χ4n) is 2.23. The number of hydrogen-bond donors (Lipinski definition) is 0. The van der Waals surface area contributed by atoms with Crippen LogP contribution in [0.25, 0.3) is 0 Å². The van der Waals surface area contributed by atoms with E-state index in [1.54, 1.807) is 6.08 Å². The van der Waals surface area contributed by atoms with Crippen molar-refractivity contribution in [3.63, 3.8) is 0 Å². The van der Waals surface area contributed by atoms with E-state index >= 15 is 0 Å². The van der Waals surface area contributed by atoms with Crippen molar-refractivity contribution in [1.29, 1.82) is 0 Å². The molecule has 1 fully saturated rings. The Bertz CT molecular complexity index is 367. The van der Waals surface area contributed by atoms with Crippen LogP contribution >= 0.6 is 0 Å². The Hall–Kier alpha value is -1.47. The lowest BCUT2D eigenvalue weighted by atomic mass is 9.87. The predicted molar refractivity (Wildman–Crippen MR) is 50.0 cm³/mol. The zero-order valence-electron chi connectivity index (χ0n) is 8.78. The topological polar surface area (TPSA) is 87.9 Å². The summed E-state index contributed by atoms with van der Waals surface area (Å²) in [5.41, 5.74) is 0. The fraction of sp³-hybridized carbons (Fsp3) is 0.667. The minimum absolute atomic E-state index is 0.561. The van der Waals surface area contributed by atoms with Gasteiger partial charge in [0, 0.05) is 12.0 Å². The lowest BCUT2D eigenvalue weighted by Gasteiger charge is -2.24. The Balaban J connectivity index is 2.38. The van der Waals surface area contributed by atoms with Gasteiger partial charge in [0.15, 0.2) is 5.92 Å². The molecule has 88 valence electrons. The molecule has 7 heteroatoms. The van der Waals surface area contributed by atoms with Gasteiger partial charge in [0.2, 0.25) is 0 Å². The van der Waals surface area contributed by atoms with Gasteiger partial charge in [-0.3, -0.25) is 14.9 Å². The number of carbonyl (C=O) groups excluding carboxylic acids is 1. The van der Waals surface area contributed by atoms with Crippen LogP contribution in [-0.4, -0.2) is 43.0 Å². The summed E-state index contributed by atoms with van der Waals surface area (Å²) in [6.07, 6.45) is 2.41. The van der Waals surface area contributed by atoms with Crippen molar-refractivity contribution in [2.24, 2.45) is 5.92 Å². The van der Waals surface area contributed by atoms with Gasteiger partial charge in [-0.15, -0.1) is 0 Å². The molecule has 2 bridgehead atoms. The molecule has 0 spiro atoms. The number of methoxy groups -OCH3 is 2. The lowest BCUT2D eigenvalue weighted by Crippen LogP contribution is -2.49. The van der Waals surface area contributed by atoms with Crippen molar-refractivity contribution in [2.75, 3.05) is 14.2 Å². The van der Waals surface area contributed by atoms with Gasteiger partial charge in [-0.05, 0) is 6.08 Å². The minimum atomic E-state index is -1.44. The highest BCUT2D eigenvalue weighted by atomic mass is 16.7. The van der Waals surface area contributed by atoms with E-state index in [0.29, 0.717) is 0 Å². The Kier molecular flexibility index (Phi) is 2.43. The predicted octanol–water partition coefficient (Wildman–Crippen LogP) is -0.268. The number of esters is 1. The molecule has 0 aromatic carbocycles. The zero-order valence-corrected chi connectivity index (χ0v) is 8.78. The van der Waals surface area contributed by atoms with Crippen molar-refractivity contribution in [1.82, 2.24) is 0 Å². The zero-order chi connectivity index (χ0) is 11.9. The van der Waals surface area contributed by atoms with Gasteiger partial charge in [-0.1, -0.05) is 6.08 Å². The van der Waals surface area contributed by atoms with Crippen molar-refractivity contribution in [3.05, 3.63) is 22.3 Å². The van der Waals surface area contributed by atoms with Crippen LogP contribution in [0.1, 0.15) is 0 Å². The quantitative estimate of drug-likeness (QED) is 0.286. The Labute approximate surface area is 91.1 Å². The van der Waals surface area contributed by atoms with Crippen LogP contribution in [0, 0.1) is 16.0 Å². The van der Waals surface area contributed by atoms with Crippen LogP contribution in [0.5, 0.6) is 0 Å². The molecule has 1 saturated heterocycles. The van der Waals surface area contributed by atoms with Gasteiger partial charge in [-0.25, -0.2) is 0 Å². The second kappa shape index (κ2) is 3.53. The van der Waals surface area contributed by atoms with Crippen LogP contribution in [0.3, 0.4) is 0 Å². The highest BCUT2D eigenvalue weighted by molar-refractivity contribution is 5.75. The molecular formula is C9H11NO6. The summed E-state index contributed by atoms with van der Waals surface area (Å²) in [7, 11) is 2.50. The Morgan fingerprint density at radius 1 is 1.56 bits per heavy atom. The maximum Gasteiger partial charge on any atom is 0.318 e. The third kappa shape index (κ3) is 1.25. The molecule has 0 aliphatic carbocycles. The number of carbonyl (C=O) groups is 1. The van der Waals surface area contributed by atoms with E-state index in [1.165, 1.54) is 20.3 Å². The van der Waals surface area contributed by atoms with Gasteiger partial charge >= 0.3 is 5.97 Å². The monoisotopic (exact) mass is 229 g/mol. The number of fused-ring (bicyclic) bond motifs is 2. The highest BCUT2D eigenvalue weighted by Crippen LogP contribution is 2.44. The number of nitrogens with zero attached hydrogens (tertiary/aromatic N) is 1. The second-order valence-electron chi connectivity index (χ2n) is 3.65. The first-order valence-electron chi connectivity index (χ1n) is 4.69. The summed E-state index contributed by atoms with van der Waals surface area (Å²) < 4.78 is 14.9. The van der Waals surface area contributed by atoms with Gasteiger partial charge < -0.3 is 14.2 Å². The summed E-state index contributed by atoms with van der Waals surface area (Å²) in [5.74, 6) is -3.05. The molecule has 0 aromatic rings. The molecule has 16 heavy (non-hydrogen) atoms. The second-order valence-corrected chi connectivity index (χ2v) is 3.65. The molecular weight excluding hydrogens is 218 g/mol. The van der Waals surface area contributed by atoms with Crippen LogP contribution in [0.2, 0.25) is 0 Å². The number of nitro groups is 1. The molecule has 0 saturated carbocycles. The van der Waals surface area contributed by atoms with Crippen LogP contribution in [0.4, 0.5) is 0 Å². The van der Waals surface area contributed by atoms with Crippen molar-refractivity contribution in [2.45, 2.75) is 17.9 Å². The van der Waals surface area contributed by atoms with Crippen molar-refractivity contribution >= 4 is 5.97 Å². The lowest BCUT2D eigenvalue weighted by molar-refractivity contribution is -0.553. The summed E-state index contributed by atoms with van der Waals surface area (Å²) in [6.45, 7) is 0. The largest absolute Gasteiger partial charge is 0.469 e. The molecule has 0 unspecified atom stereocenters. The summed E-state index contributed by atoms with van der Waals surface area (Å²) >= 11 is 0. The molecule has 0 aromatic heterocycles. The Morgan fingerprint density at radius 3 is 2.75 bits per heavy atom. The van der Waals surface area contributed by atoms with E-state index < -0.39 is 34.7 Å². The molecule has 7 nitrogen and oxygen atoms in total. The smallest absolute Gasteiger partial charge is 0.318 e. The minimum Gasteiger partial charge on any atom is -0.469 e. The van der Waals surface area contributed by atoms with Gasteiger partial charge in [0.1, 0.15) is 6.10 Å². The first-order valence-corrected chi connectivity index (χ1v) is 4.69. The van der Waals surface area contributed by atoms with E-state index in [9.17, 15) is 14.9 Å². The normalized spacial score (nSPS) is 40.0. The van der Waals surface area contributed by atoms with E-state index in [-0.39, 0.29) is 0 Å². The molecule has 2 aliphatic heterocycles. The summed E-state index contributed by atoms with van der Waals surface area (Å²) in [6, 6.07) is -1.26. The van der Waals surface area contributed by atoms with E-state index in [2.05, 4.69) is 4.74 Å². The van der Waals surface area contributed by atoms with Gasteiger partial charge in [0.05, 0.1) is 7.11 Å². The molecule has 0 amide bonds. The maximum atomic E-state index is 11.5. The maximum absolute atomic E-state index is 11.5. The average Bonchev–Trinajstić information content (AvgIpc) is 2.83. The summed E-state index contributed by atoms with van der Waals surface area (Å²) in [5, 5.41) is 11.0. The molecule has 0 N–H and O–H groups in total. The average molecular weight is 229 g/mol. The molecule has 2 heterocycles. The van der Waals surface area contributed by atoms with Crippen LogP contribution in [-0.2, 0) is 19.0 Å². The summed E-state index contributed by atoms with van der Waals surface area (Å²) in [4.78, 5) is 21.9. The third-order valence-corrected chi connectivity index (χ3v) is 2.96. The first kappa shape index (κ1) is 11.0. The van der Waals surface area contributed by atoms with Crippen molar-refractivity contribution in [3.8, 4) is 0 Å². The van der Waals surface area contributed by atoms with Gasteiger partial charge in [-0.2, -0.15) is 0 Å². The van der Waals surface area contributed by atoms with E-state index in [1.807, 2.05) is 0 Å². The number of ether oxygens (including phenoxy) is 3. The van der Waals surface area contributed by atoms with Crippen LogP contribution < -0.4 is 0 Å². The highest BCUT2D eigenvalue weighted by Gasteiger charge is 2.67. The van der Waals surface area contributed by atoms with Gasteiger partial charge in [0.25, 0.3) is 11.8 Å². The standard InChI is InChI=1S/C9H11NO6/c1-14-8(11)6-5-3-4-9(15-2,16-5)7(6)10(12)13/h3-7H,1-2H3/t5-,6+,7-,9+/m0/s1. The third-order valence-electron chi connectivity index (χ3n) is 2.96. The SMILES string of the molecule is COC(=O)[C@@H]1[C@@H]2C=C[C@@](OC)(O2)[C@H]1[N+](=O)[O-]. The molecule has 2 aliphatic rings. The molecule has 4 atom stereocenters. The number of rotatable bonds is 3. The first-order chi connectivity index (χ1) is 7.55. The fourth-order valence-corrected chi connectivity index (χ4v) is 2.23. The van der Waals surface area contributed by atoms with E-state index in [0.717, 1.165) is 0 Å². The molecule has 2 rings (SSSR count). The number of hydrogen-bond acceptors (Lipinski definition) is 6. The molecule has 0 radical (unpaired) electrons. The van der Waals surface area contributed by atoms with Crippen molar-refractivity contribution < 1.29 is 23.9 Å². The van der Waals surface area contributed by atoms with E-state index in [4.69, 9.17) is 9.47 Å². The van der Waals surface area contributed by atoms with Crippen LogP contribution in [0.15, 0.2) is 12.2 Å². The Morgan fingerprint density at radius 2 is 2.25 bits per heavy atom.